The fourth-order valence-electron chi connectivity index (χ4n) is 8.67. The molecule has 0 radical (unpaired) electrons. The topological polar surface area (TPSA) is 154 Å². The number of nitrogens with one attached hydrogen (secondary N) is 2. The second kappa shape index (κ2) is 17.0. The summed E-state index contributed by atoms with van der Waals surface area (Å²) in [5.41, 5.74) is 3.13. The molecule has 3 fully saturated rings. The number of hydrogen-bond acceptors (Lipinski definition) is 10. The van der Waals surface area contributed by atoms with Gasteiger partial charge in [0.1, 0.15) is 22.8 Å². The molecule has 2 atom stereocenters. The van der Waals surface area contributed by atoms with Gasteiger partial charge >= 0.3 is 0 Å². The first-order chi connectivity index (χ1) is 30.1. The molecule has 1 aliphatic carbocycles. The summed E-state index contributed by atoms with van der Waals surface area (Å²) in [7, 11) is -2.91. The monoisotopic (exact) mass is 890 g/mol. The molecule has 2 saturated heterocycles. The fourth-order valence-corrected chi connectivity index (χ4v) is 10.6. The van der Waals surface area contributed by atoms with Crippen molar-refractivity contribution in [3.8, 4) is 11.4 Å². The van der Waals surface area contributed by atoms with Gasteiger partial charge < -0.3 is 24.4 Å². The van der Waals surface area contributed by atoms with E-state index in [0.29, 0.717) is 79.7 Å². The average Bonchev–Trinajstić information content (AvgIpc) is 3.95. The van der Waals surface area contributed by atoms with E-state index in [9.17, 15) is 13.8 Å². The van der Waals surface area contributed by atoms with Crippen LogP contribution in [-0.2, 0) is 30.6 Å². The van der Waals surface area contributed by atoms with Crippen LogP contribution in [0, 0.1) is 24.1 Å². The van der Waals surface area contributed by atoms with E-state index in [4.69, 9.17) is 43.3 Å². The molecule has 5 aromatic rings. The summed E-state index contributed by atoms with van der Waals surface area (Å²) in [4.78, 5) is 50.1. The zero-order valence-electron chi connectivity index (χ0n) is 36.1. The normalized spacial score (nSPS) is 19.0. The number of fused-ring (bicyclic) bond motifs is 1. The molecular formula is C46H51FN10O4S2. The van der Waals surface area contributed by atoms with Crippen LogP contribution in [0.3, 0.4) is 0 Å². The Kier molecular flexibility index (Phi) is 11.8. The van der Waals surface area contributed by atoms with Crippen molar-refractivity contribution in [1.82, 2.24) is 24.8 Å². The number of benzene rings is 2. The lowest BCUT2D eigenvalue weighted by molar-refractivity contribution is -0.120. The summed E-state index contributed by atoms with van der Waals surface area (Å²) < 4.78 is 44.3. The van der Waals surface area contributed by atoms with Crippen molar-refractivity contribution in [1.29, 1.82) is 4.78 Å². The van der Waals surface area contributed by atoms with Crippen molar-refractivity contribution in [3.63, 3.8) is 0 Å². The third-order valence-electron chi connectivity index (χ3n) is 12.5. The Bertz CT molecular complexity index is 2800. The fraction of sp³-hybridized carbons (Fsp3) is 0.413. The summed E-state index contributed by atoms with van der Waals surface area (Å²) in [6.07, 6.45) is 9.95. The molecule has 0 spiro atoms. The summed E-state index contributed by atoms with van der Waals surface area (Å²) in [6.45, 7) is 17.6. The Labute approximate surface area is 372 Å². The van der Waals surface area contributed by atoms with E-state index < -0.39 is 31.7 Å². The third kappa shape index (κ3) is 8.15. The molecule has 63 heavy (non-hydrogen) atoms. The number of hydrogen-bond donors (Lipinski definition) is 2. The number of aromatic nitrogens is 4. The summed E-state index contributed by atoms with van der Waals surface area (Å²) in [5, 5.41) is 3.93. The van der Waals surface area contributed by atoms with Gasteiger partial charge in [-0.15, -0.1) is 0 Å². The highest BCUT2D eigenvalue weighted by Crippen LogP contribution is 2.53. The van der Waals surface area contributed by atoms with E-state index in [1.165, 1.54) is 23.3 Å². The van der Waals surface area contributed by atoms with Gasteiger partial charge in [-0.25, -0.2) is 28.4 Å². The molecule has 14 nitrogen and oxygen atoms in total. The number of aryl methyl sites for hydroxylation is 2. The van der Waals surface area contributed by atoms with Crippen molar-refractivity contribution in [2.75, 3.05) is 47.3 Å². The first-order valence-corrected chi connectivity index (χ1v) is 23.6. The van der Waals surface area contributed by atoms with Crippen LogP contribution in [0.25, 0.3) is 27.3 Å². The van der Waals surface area contributed by atoms with Crippen LogP contribution in [0.4, 0.5) is 27.3 Å². The Morgan fingerprint density at radius 2 is 1.84 bits per heavy atom. The van der Waals surface area contributed by atoms with Crippen LogP contribution >= 0.6 is 12.2 Å². The maximum absolute atomic E-state index is 15.6. The van der Waals surface area contributed by atoms with Crippen LogP contribution < -0.4 is 20.0 Å². The highest BCUT2D eigenvalue weighted by atomic mass is 32.2. The lowest BCUT2D eigenvalue weighted by Crippen LogP contribution is -2.44. The number of pyridine rings is 1. The maximum atomic E-state index is 15.6. The Morgan fingerprint density at radius 3 is 2.54 bits per heavy atom. The number of morpholine rings is 1. The van der Waals surface area contributed by atoms with Gasteiger partial charge in [0.05, 0.1) is 51.6 Å². The Balaban J connectivity index is 0.868. The molecule has 2 aromatic carbocycles. The van der Waals surface area contributed by atoms with Crippen molar-refractivity contribution in [2.45, 2.75) is 89.1 Å². The zero-order valence-corrected chi connectivity index (χ0v) is 37.7. The third-order valence-corrected chi connectivity index (χ3v) is 15.0. The number of thiocarbonyl (C=S) groups is 1. The van der Waals surface area contributed by atoms with Gasteiger partial charge in [0, 0.05) is 66.7 Å². The first-order valence-electron chi connectivity index (χ1n) is 21.2. The number of anilines is 3. The molecule has 328 valence electrons. The second-order valence-corrected chi connectivity index (χ2v) is 20.1. The molecule has 8 rings (SSSR count). The first kappa shape index (κ1) is 43.8. The molecule has 2 amide bonds. The number of rotatable bonds is 14. The number of halogens is 1. The molecule has 5 heterocycles. The molecule has 3 aliphatic rings. The highest BCUT2D eigenvalue weighted by Gasteiger charge is 2.53. The largest absolute Gasteiger partial charge is 0.377 e. The quantitative estimate of drug-likeness (QED) is 0.0633. The van der Waals surface area contributed by atoms with Crippen molar-refractivity contribution in [3.05, 3.63) is 101 Å². The number of carbonyl (C=O) groups is 2. The van der Waals surface area contributed by atoms with Gasteiger partial charge in [0.15, 0.2) is 16.6 Å². The highest BCUT2D eigenvalue weighted by molar-refractivity contribution is 7.93. The minimum absolute atomic E-state index is 0.0982. The Morgan fingerprint density at radius 1 is 1.08 bits per heavy atom. The SMILES string of the molecule is [C-]#[N+]c1ccc(N2C(=O)C(C)(C)N(c3ccc(C(=O)NCCCCCCn4ccc5c(-c6nc(N7CCOC[C@H]7C)cc(C7([S@](C)(=N)=O)CC7)n6)ccnc54)c(F)c3)C2=S)cc1C. The molecular weight excluding hydrogens is 840 g/mol. The minimum atomic E-state index is -2.91. The molecule has 3 aromatic heterocycles. The molecule has 1 saturated carbocycles. The number of carbonyl (C=O) groups excluding carboxylic acids is 2. The van der Waals surface area contributed by atoms with E-state index in [0.717, 1.165) is 48.2 Å². The van der Waals surface area contributed by atoms with Gasteiger partial charge in [-0.05, 0) is 114 Å². The van der Waals surface area contributed by atoms with Crippen molar-refractivity contribution >= 4 is 72.8 Å². The molecule has 0 bridgehead atoms. The van der Waals surface area contributed by atoms with Crippen molar-refractivity contribution < 1.29 is 22.9 Å². The van der Waals surface area contributed by atoms with Crippen LogP contribution in [0.15, 0.2) is 67.0 Å². The van der Waals surface area contributed by atoms with E-state index in [1.807, 2.05) is 24.4 Å². The molecule has 2 aliphatic heterocycles. The molecule has 0 unspecified atom stereocenters. The van der Waals surface area contributed by atoms with E-state index in [2.05, 4.69) is 26.6 Å². The lowest BCUT2D eigenvalue weighted by atomic mass is 10.0. The van der Waals surface area contributed by atoms with Gasteiger partial charge in [-0.3, -0.25) is 19.3 Å². The van der Waals surface area contributed by atoms with E-state index >= 15 is 4.39 Å². The molecule has 2 N–H and O–H groups in total. The zero-order chi connectivity index (χ0) is 44.8. The number of nitrogens with zero attached hydrogens (tertiary/aromatic N) is 8. The molecule has 17 heteroatoms. The predicted molar refractivity (Wildman–Crippen MR) is 247 cm³/mol. The maximum Gasteiger partial charge on any atom is 0.259 e. The predicted octanol–water partition coefficient (Wildman–Crippen LogP) is 8.29. The summed E-state index contributed by atoms with van der Waals surface area (Å²) in [5.74, 6) is -0.257. The van der Waals surface area contributed by atoms with Gasteiger partial charge in [-0.2, -0.15) is 0 Å². The van der Waals surface area contributed by atoms with Crippen LogP contribution in [0.1, 0.15) is 80.9 Å². The second-order valence-electron chi connectivity index (χ2n) is 17.2. The van der Waals surface area contributed by atoms with E-state index in [-0.39, 0.29) is 22.6 Å². The number of ether oxygens (including phenoxy) is 1. The van der Waals surface area contributed by atoms with Crippen molar-refractivity contribution in [2.24, 2.45) is 0 Å². The van der Waals surface area contributed by atoms with Crippen LogP contribution in [0.2, 0.25) is 0 Å². The summed E-state index contributed by atoms with van der Waals surface area (Å²) >= 11 is 5.75. The number of unbranched alkanes of at least 4 members (excludes halogenated alkanes) is 3. The van der Waals surface area contributed by atoms with Gasteiger partial charge in [0.25, 0.3) is 11.8 Å². The van der Waals surface area contributed by atoms with Gasteiger partial charge in [-0.1, -0.05) is 18.9 Å². The average molecular weight is 891 g/mol. The summed E-state index contributed by atoms with van der Waals surface area (Å²) in [6, 6.07) is 15.3. The van der Waals surface area contributed by atoms with Crippen LogP contribution in [0.5, 0.6) is 0 Å². The Hall–Kier alpha value is -5.83. The lowest BCUT2D eigenvalue weighted by Gasteiger charge is -2.35. The van der Waals surface area contributed by atoms with Crippen LogP contribution in [-0.4, -0.2) is 84.8 Å². The smallest absolute Gasteiger partial charge is 0.259 e. The number of amides is 2. The standard InChI is InChI=1S/C46H51FN10O4S2/c1-29-25-31(12-14-37(29)49-5)56-43(59)45(3,4)57(44(56)62)32-11-13-35(36(47)26-32)42(58)51-19-9-7-8-10-21-54-22-16-34-33(15-20-50-41(34)54)40-52-38(46(17-18-46)63(6,48)60)27-39(53-40)55-23-24-61-28-30(55)2/h11-16,20,22,25-27,30,48H,7-10,17-19,21,23-24,28H2,1-4,6H3,(H,51,58)/t30-,63-/m1/s1. The van der Waals surface area contributed by atoms with Gasteiger partial charge in [0.2, 0.25) is 0 Å². The van der Waals surface area contributed by atoms with E-state index in [1.54, 1.807) is 56.1 Å². The minimum Gasteiger partial charge on any atom is -0.377 e.